The number of carbonyl (C=O) groups is 1. The first-order chi connectivity index (χ1) is 16.6. The molecular weight excluding hydrogens is 452 g/mol. The van der Waals surface area contributed by atoms with Crippen LogP contribution < -0.4 is 26.2 Å². The molecule has 0 spiro atoms. The maximum atomic E-state index is 13.3. The number of aromatic nitrogens is 3. The number of aliphatic carboxylic acids is 1. The van der Waals surface area contributed by atoms with Crippen molar-refractivity contribution in [3.63, 3.8) is 0 Å². The standard InChI is InChI=1S/C25H28N4O6/c1-15(2)35-20-11-10-19(12-21(20)34-5)26-23-27-24(32)29(13-17(4)22(30)31)25(33)28(23)14-18-8-6-16(3)7-9-18/h6-12,15H,4,13-14H2,1-3,5H3,(H,30,31)(H,26,27,32). The molecule has 3 rings (SSSR count). The summed E-state index contributed by atoms with van der Waals surface area (Å²) in [7, 11) is 1.51. The number of aryl methyl sites for hydroxylation is 1. The average molecular weight is 481 g/mol. The van der Waals surface area contributed by atoms with Crippen molar-refractivity contribution in [2.45, 2.75) is 40.0 Å². The highest BCUT2D eigenvalue weighted by Gasteiger charge is 2.17. The van der Waals surface area contributed by atoms with Gasteiger partial charge in [-0.3, -0.25) is 4.57 Å². The molecule has 1 heterocycles. The van der Waals surface area contributed by atoms with Gasteiger partial charge in [-0.2, -0.15) is 4.98 Å². The molecule has 35 heavy (non-hydrogen) atoms. The number of methoxy groups -OCH3 is 1. The minimum atomic E-state index is -1.31. The lowest BCUT2D eigenvalue weighted by Crippen LogP contribution is -2.43. The number of nitrogens with one attached hydrogen (secondary N) is 1. The lowest BCUT2D eigenvalue weighted by Gasteiger charge is -2.17. The first kappa shape index (κ1) is 25.3. The largest absolute Gasteiger partial charge is 0.493 e. The summed E-state index contributed by atoms with van der Waals surface area (Å²) in [5, 5.41) is 12.2. The molecule has 0 fully saturated rings. The Bertz CT molecular complexity index is 1360. The van der Waals surface area contributed by atoms with Crippen LogP contribution in [-0.4, -0.2) is 38.4 Å². The zero-order chi connectivity index (χ0) is 25.7. The van der Waals surface area contributed by atoms with Gasteiger partial charge >= 0.3 is 17.3 Å². The molecule has 2 aromatic carbocycles. The SMILES string of the molecule is C=C(Cn1c(=O)nc(Nc2ccc(OC(C)C)c(OC)c2)n(Cc2ccc(C)cc2)c1=O)C(=O)O. The third-order valence-electron chi connectivity index (χ3n) is 5.05. The van der Waals surface area contributed by atoms with E-state index in [1.807, 2.05) is 45.0 Å². The van der Waals surface area contributed by atoms with E-state index in [9.17, 15) is 14.4 Å². The molecule has 10 heteroatoms. The minimum absolute atomic E-state index is 0.00246. The highest BCUT2D eigenvalue weighted by atomic mass is 16.5. The fourth-order valence-corrected chi connectivity index (χ4v) is 3.26. The van der Waals surface area contributed by atoms with Crippen LogP contribution in [0.3, 0.4) is 0 Å². The fourth-order valence-electron chi connectivity index (χ4n) is 3.26. The summed E-state index contributed by atoms with van der Waals surface area (Å²) in [6.45, 7) is 8.77. The minimum Gasteiger partial charge on any atom is -0.493 e. The molecule has 0 saturated carbocycles. The zero-order valence-electron chi connectivity index (χ0n) is 20.1. The molecule has 0 unspecified atom stereocenters. The molecular formula is C25H28N4O6. The molecule has 1 aromatic heterocycles. The van der Waals surface area contributed by atoms with Crippen molar-refractivity contribution < 1.29 is 19.4 Å². The molecule has 0 saturated heterocycles. The summed E-state index contributed by atoms with van der Waals surface area (Å²) in [5.74, 6) is -0.306. The van der Waals surface area contributed by atoms with E-state index in [-0.39, 0.29) is 24.2 Å². The van der Waals surface area contributed by atoms with Gasteiger partial charge in [0.15, 0.2) is 11.5 Å². The lowest BCUT2D eigenvalue weighted by molar-refractivity contribution is -0.132. The highest BCUT2D eigenvalue weighted by Crippen LogP contribution is 2.31. The summed E-state index contributed by atoms with van der Waals surface area (Å²) in [5.41, 5.74) is 0.432. The summed E-state index contributed by atoms with van der Waals surface area (Å²) in [4.78, 5) is 41.2. The number of carboxylic acid groups (broad SMARTS) is 1. The molecule has 0 amide bonds. The fraction of sp³-hybridized carbons (Fsp3) is 0.280. The molecule has 0 radical (unpaired) electrons. The molecule has 0 aliphatic heterocycles. The summed E-state index contributed by atoms with van der Waals surface area (Å²) >= 11 is 0. The van der Waals surface area contributed by atoms with Crippen molar-refractivity contribution in [3.8, 4) is 11.5 Å². The van der Waals surface area contributed by atoms with Gasteiger partial charge in [-0.05, 0) is 38.5 Å². The lowest BCUT2D eigenvalue weighted by atomic mass is 10.1. The van der Waals surface area contributed by atoms with Crippen LogP contribution in [-0.2, 0) is 17.9 Å². The molecule has 0 aliphatic carbocycles. The smallest absolute Gasteiger partial charge is 0.355 e. The number of hydrogen-bond acceptors (Lipinski definition) is 7. The molecule has 3 aromatic rings. The van der Waals surface area contributed by atoms with Crippen molar-refractivity contribution in [2.24, 2.45) is 0 Å². The Balaban J connectivity index is 2.08. The van der Waals surface area contributed by atoms with E-state index in [0.29, 0.717) is 17.2 Å². The second-order valence-corrected chi connectivity index (χ2v) is 8.22. The van der Waals surface area contributed by atoms with Crippen LogP contribution in [0.4, 0.5) is 11.6 Å². The monoisotopic (exact) mass is 480 g/mol. The molecule has 0 atom stereocenters. The number of rotatable bonds is 10. The van der Waals surface area contributed by atoms with Gasteiger partial charge in [0.1, 0.15) is 0 Å². The van der Waals surface area contributed by atoms with Crippen LogP contribution in [0.2, 0.25) is 0 Å². The number of ether oxygens (including phenoxy) is 2. The van der Waals surface area contributed by atoms with Gasteiger partial charge in [0.05, 0.1) is 26.3 Å². The average Bonchev–Trinajstić information content (AvgIpc) is 2.80. The second kappa shape index (κ2) is 10.7. The predicted molar refractivity (Wildman–Crippen MR) is 132 cm³/mol. The van der Waals surface area contributed by atoms with Gasteiger partial charge < -0.3 is 19.9 Å². The number of anilines is 2. The van der Waals surface area contributed by atoms with Gasteiger partial charge in [-0.1, -0.05) is 36.4 Å². The topological polar surface area (TPSA) is 125 Å². The maximum Gasteiger partial charge on any atom is 0.355 e. The van der Waals surface area contributed by atoms with E-state index in [0.717, 1.165) is 15.7 Å². The van der Waals surface area contributed by atoms with Crippen molar-refractivity contribution in [3.05, 3.63) is 86.7 Å². The van der Waals surface area contributed by atoms with E-state index in [1.165, 1.54) is 11.7 Å². The van der Waals surface area contributed by atoms with E-state index in [4.69, 9.17) is 14.6 Å². The Labute approximate surface area is 202 Å². The van der Waals surface area contributed by atoms with Crippen LogP contribution in [0, 0.1) is 6.92 Å². The quantitative estimate of drug-likeness (QED) is 0.425. The van der Waals surface area contributed by atoms with Gasteiger partial charge in [-0.25, -0.2) is 19.0 Å². The first-order valence-corrected chi connectivity index (χ1v) is 10.9. The van der Waals surface area contributed by atoms with Gasteiger partial charge in [-0.15, -0.1) is 0 Å². The number of carboxylic acids is 1. The van der Waals surface area contributed by atoms with Gasteiger partial charge in [0.25, 0.3) is 0 Å². The molecule has 0 bridgehead atoms. The Kier molecular flexibility index (Phi) is 7.75. The second-order valence-electron chi connectivity index (χ2n) is 8.22. The predicted octanol–water partition coefficient (Wildman–Crippen LogP) is 2.94. The molecule has 10 nitrogen and oxygen atoms in total. The van der Waals surface area contributed by atoms with Crippen LogP contribution in [0.25, 0.3) is 0 Å². The Hall–Kier alpha value is -4.34. The number of hydrogen-bond donors (Lipinski definition) is 2. The normalized spacial score (nSPS) is 10.8. The maximum absolute atomic E-state index is 13.3. The Morgan fingerprint density at radius 1 is 1.11 bits per heavy atom. The Morgan fingerprint density at radius 2 is 1.80 bits per heavy atom. The highest BCUT2D eigenvalue weighted by molar-refractivity contribution is 5.85. The first-order valence-electron chi connectivity index (χ1n) is 10.9. The van der Waals surface area contributed by atoms with Crippen LogP contribution >= 0.6 is 0 Å². The van der Waals surface area contributed by atoms with Crippen molar-refractivity contribution >= 4 is 17.6 Å². The van der Waals surface area contributed by atoms with Crippen molar-refractivity contribution in [2.75, 3.05) is 12.4 Å². The summed E-state index contributed by atoms with van der Waals surface area (Å²) < 4.78 is 13.2. The third kappa shape index (κ3) is 6.17. The third-order valence-corrected chi connectivity index (χ3v) is 5.05. The van der Waals surface area contributed by atoms with Crippen LogP contribution in [0.1, 0.15) is 25.0 Å². The van der Waals surface area contributed by atoms with Gasteiger partial charge in [0, 0.05) is 17.3 Å². The number of nitrogens with zero attached hydrogens (tertiary/aromatic N) is 3. The Morgan fingerprint density at radius 3 is 2.40 bits per heavy atom. The van der Waals surface area contributed by atoms with Crippen LogP contribution in [0.5, 0.6) is 11.5 Å². The van der Waals surface area contributed by atoms with Crippen molar-refractivity contribution in [1.82, 2.24) is 14.1 Å². The van der Waals surface area contributed by atoms with Crippen molar-refractivity contribution in [1.29, 1.82) is 0 Å². The number of benzene rings is 2. The van der Waals surface area contributed by atoms with E-state index in [2.05, 4.69) is 16.9 Å². The summed E-state index contributed by atoms with van der Waals surface area (Å²) in [6, 6.07) is 12.6. The van der Waals surface area contributed by atoms with E-state index < -0.39 is 23.9 Å². The summed E-state index contributed by atoms with van der Waals surface area (Å²) in [6.07, 6.45) is -0.0581. The van der Waals surface area contributed by atoms with Crippen LogP contribution in [0.15, 0.2) is 64.2 Å². The van der Waals surface area contributed by atoms with E-state index in [1.54, 1.807) is 18.2 Å². The van der Waals surface area contributed by atoms with E-state index >= 15 is 0 Å². The zero-order valence-corrected chi connectivity index (χ0v) is 20.1. The molecule has 2 N–H and O–H groups in total. The molecule has 0 aliphatic rings. The molecule has 184 valence electrons. The van der Waals surface area contributed by atoms with Gasteiger partial charge in [0.2, 0.25) is 5.95 Å².